The van der Waals surface area contributed by atoms with Crippen molar-refractivity contribution in [1.29, 1.82) is 0 Å². The molecule has 3 rings (SSSR count). The molecule has 19 heavy (non-hydrogen) atoms. The largest absolute Gasteiger partial charge is 0.265 e. The van der Waals surface area contributed by atoms with E-state index in [4.69, 9.17) is 0 Å². The number of aromatic nitrogens is 1. The maximum absolute atomic E-state index is 4.61. The monoisotopic (exact) mass is 246 g/mol. The first kappa shape index (κ1) is 11.6. The number of fused-ring (bicyclic) bond motifs is 1. The molecule has 92 valence electrons. The Morgan fingerprint density at radius 2 is 1.63 bits per heavy atom. The Labute approximate surface area is 112 Å². The standard InChI is InChI=1S/C17H14N2/c1-13(19-17-8-10-18-11-9-17)15-7-6-14-4-2-3-5-16(14)12-15/h2-12H,1H3. The number of benzene rings is 2. The van der Waals surface area contributed by atoms with Gasteiger partial charge in [-0.05, 0) is 41.5 Å². The lowest BCUT2D eigenvalue weighted by molar-refractivity contribution is 1.31. The molecule has 0 aliphatic carbocycles. The number of aliphatic imine (C=N–C) groups is 1. The van der Waals surface area contributed by atoms with Gasteiger partial charge >= 0.3 is 0 Å². The van der Waals surface area contributed by atoms with Gasteiger partial charge in [0.25, 0.3) is 0 Å². The Bertz CT molecular complexity index is 730. The summed E-state index contributed by atoms with van der Waals surface area (Å²) in [6.45, 7) is 2.03. The topological polar surface area (TPSA) is 25.2 Å². The summed E-state index contributed by atoms with van der Waals surface area (Å²) in [5.74, 6) is 0. The highest BCUT2D eigenvalue weighted by molar-refractivity contribution is 6.03. The van der Waals surface area contributed by atoms with Gasteiger partial charge in [0.2, 0.25) is 0 Å². The van der Waals surface area contributed by atoms with Gasteiger partial charge < -0.3 is 0 Å². The van der Waals surface area contributed by atoms with Gasteiger partial charge in [-0.15, -0.1) is 0 Å². The van der Waals surface area contributed by atoms with Gasteiger partial charge in [0.05, 0.1) is 5.69 Å². The number of pyridine rings is 1. The van der Waals surface area contributed by atoms with Crippen molar-refractivity contribution in [2.45, 2.75) is 6.92 Å². The van der Waals surface area contributed by atoms with E-state index in [2.05, 4.69) is 52.4 Å². The molecule has 0 fully saturated rings. The van der Waals surface area contributed by atoms with E-state index in [0.717, 1.165) is 17.0 Å². The Hall–Kier alpha value is -2.48. The molecule has 0 spiro atoms. The lowest BCUT2D eigenvalue weighted by Crippen LogP contribution is -1.93. The van der Waals surface area contributed by atoms with Crippen molar-refractivity contribution in [3.8, 4) is 0 Å². The van der Waals surface area contributed by atoms with E-state index in [9.17, 15) is 0 Å². The molecule has 0 bridgehead atoms. The highest BCUT2D eigenvalue weighted by Gasteiger charge is 2.00. The third kappa shape index (κ3) is 2.52. The average Bonchev–Trinajstić information content (AvgIpc) is 2.48. The van der Waals surface area contributed by atoms with Crippen molar-refractivity contribution in [2.24, 2.45) is 4.99 Å². The van der Waals surface area contributed by atoms with Crippen LogP contribution in [0.5, 0.6) is 0 Å². The van der Waals surface area contributed by atoms with Crippen molar-refractivity contribution < 1.29 is 0 Å². The third-order valence-corrected chi connectivity index (χ3v) is 3.13. The maximum atomic E-state index is 4.61. The summed E-state index contributed by atoms with van der Waals surface area (Å²) in [4.78, 5) is 8.61. The van der Waals surface area contributed by atoms with Crippen LogP contribution in [0, 0.1) is 0 Å². The summed E-state index contributed by atoms with van der Waals surface area (Å²) in [6, 6.07) is 18.6. The molecule has 0 amide bonds. The van der Waals surface area contributed by atoms with Crippen LogP contribution in [0.2, 0.25) is 0 Å². The van der Waals surface area contributed by atoms with Gasteiger partial charge in [0.15, 0.2) is 0 Å². The fourth-order valence-electron chi connectivity index (χ4n) is 2.09. The molecular weight excluding hydrogens is 232 g/mol. The molecule has 0 saturated carbocycles. The Morgan fingerprint density at radius 3 is 2.42 bits per heavy atom. The van der Waals surface area contributed by atoms with E-state index in [0.29, 0.717) is 0 Å². The van der Waals surface area contributed by atoms with Crippen LogP contribution in [0.4, 0.5) is 5.69 Å². The molecule has 0 unspecified atom stereocenters. The molecular formula is C17H14N2. The minimum absolute atomic E-state index is 0.931. The predicted molar refractivity (Wildman–Crippen MR) is 80.1 cm³/mol. The van der Waals surface area contributed by atoms with Gasteiger partial charge in [-0.25, -0.2) is 0 Å². The summed E-state index contributed by atoms with van der Waals surface area (Å²) in [7, 11) is 0. The summed E-state index contributed by atoms with van der Waals surface area (Å²) in [5, 5.41) is 2.49. The molecule has 2 heteroatoms. The predicted octanol–water partition coefficient (Wildman–Crippen LogP) is 4.38. The van der Waals surface area contributed by atoms with E-state index in [1.165, 1.54) is 10.8 Å². The number of hydrogen-bond acceptors (Lipinski definition) is 2. The quantitative estimate of drug-likeness (QED) is 0.616. The minimum Gasteiger partial charge on any atom is -0.265 e. The van der Waals surface area contributed by atoms with Crippen LogP contribution < -0.4 is 0 Å². The maximum Gasteiger partial charge on any atom is 0.0663 e. The minimum atomic E-state index is 0.931. The van der Waals surface area contributed by atoms with Crippen LogP contribution in [-0.2, 0) is 0 Å². The molecule has 1 heterocycles. The van der Waals surface area contributed by atoms with Crippen LogP contribution in [-0.4, -0.2) is 10.7 Å². The first-order valence-corrected chi connectivity index (χ1v) is 6.27. The molecule has 1 aromatic heterocycles. The van der Waals surface area contributed by atoms with E-state index in [1.807, 2.05) is 19.1 Å². The fourth-order valence-corrected chi connectivity index (χ4v) is 2.09. The van der Waals surface area contributed by atoms with Gasteiger partial charge in [0, 0.05) is 18.1 Å². The second kappa shape index (κ2) is 5.02. The number of nitrogens with zero attached hydrogens (tertiary/aromatic N) is 2. The van der Waals surface area contributed by atoms with E-state index in [1.54, 1.807) is 12.4 Å². The molecule has 3 aromatic rings. The number of hydrogen-bond donors (Lipinski definition) is 0. The molecule has 0 aliphatic heterocycles. The van der Waals surface area contributed by atoms with Crippen LogP contribution in [0.3, 0.4) is 0 Å². The van der Waals surface area contributed by atoms with E-state index < -0.39 is 0 Å². The first-order chi connectivity index (χ1) is 9.33. The van der Waals surface area contributed by atoms with Crippen molar-refractivity contribution >= 4 is 22.2 Å². The van der Waals surface area contributed by atoms with E-state index in [-0.39, 0.29) is 0 Å². The summed E-state index contributed by atoms with van der Waals surface area (Å²) >= 11 is 0. The average molecular weight is 246 g/mol. The van der Waals surface area contributed by atoms with Crippen molar-refractivity contribution in [1.82, 2.24) is 4.98 Å². The Morgan fingerprint density at radius 1 is 0.895 bits per heavy atom. The summed E-state index contributed by atoms with van der Waals surface area (Å²) in [5.41, 5.74) is 3.09. The van der Waals surface area contributed by atoms with Crippen molar-refractivity contribution in [3.05, 3.63) is 72.6 Å². The second-order valence-electron chi connectivity index (χ2n) is 4.46. The molecule has 0 radical (unpaired) electrons. The normalized spacial score (nSPS) is 11.7. The zero-order valence-corrected chi connectivity index (χ0v) is 10.7. The Balaban J connectivity index is 2.02. The molecule has 2 aromatic carbocycles. The van der Waals surface area contributed by atoms with Crippen LogP contribution in [0.25, 0.3) is 10.8 Å². The highest BCUT2D eigenvalue weighted by Crippen LogP contribution is 2.18. The van der Waals surface area contributed by atoms with Gasteiger partial charge in [-0.1, -0.05) is 36.4 Å². The number of rotatable bonds is 2. The first-order valence-electron chi connectivity index (χ1n) is 6.27. The lowest BCUT2D eigenvalue weighted by atomic mass is 10.0. The summed E-state index contributed by atoms with van der Waals surface area (Å²) in [6.07, 6.45) is 3.51. The second-order valence-corrected chi connectivity index (χ2v) is 4.46. The lowest BCUT2D eigenvalue weighted by Gasteiger charge is -2.03. The molecule has 0 aliphatic rings. The highest BCUT2D eigenvalue weighted by atomic mass is 14.8. The smallest absolute Gasteiger partial charge is 0.0663 e. The van der Waals surface area contributed by atoms with E-state index >= 15 is 0 Å². The summed E-state index contributed by atoms with van der Waals surface area (Å²) < 4.78 is 0. The third-order valence-electron chi connectivity index (χ3n) is 3.13. The molecule has 0 saturated heterocycles. The van der Waals surface area contributed by atoms with Crippen molar-refractivity contribution in [3.63, 3.8) is 0 Å². The SMILES string of the molecule is CC(=Nc1ccncc1)c1ccc2ccccc2c1. The van der Waals surface area contributed by atoms with Crippen LogP contribution in [0.15, 0.2) is 72.0 Å². The Kier molecular flexibility index (Phi) is 3.07. The fraction of sp³-hybridized carbons (Fsp3) is 0.0588. The molecule has 0 N–H and O–H groups in total. The van der Waals surface area contributed by atoms with Crippen molar-refractivity contribution in [2.75, 3.05) is 0 Å². The zero-order chi connectivity index (χ0) is 13.1. The van der Waals surface area contributed by atoms with Gasteiger partial charge in [-0.2, -0.15) is 0 Å². The molecule has 2 nitrogen and oxygen atoms in total. The van der Waals surface area contributed by atoms with Gasteiger partial charge in [-0.3, -0.25) is 9.98 Å². The zero-order valence-electron chi connectivity index (χ0n) is 10.7. The van der Waals surface area contributed by atoms with Crippen LogP contribution in [0.1, 0.15) is 12.5 Å². The molecule has 0 atom stereocenters. The van der Waals surface area contributed by atoms with Gasteiger partial charge in [0.1, 0.15) is 0 Å². The van der Waals surface area contributed by atoms with Crippen LogP contribution >= 0.6 is 0 Å².